The topological polar surface area (TPSA) is 32.3 Å². The molecule has 1 atom stereocenters. The highest BCUT2D eigenvalue weighted by atomic mass is 19.4. The maximum absolute atomic E-state index is 13.2. The van der Waals surface area contributed by atoms with Gasteiger partial charge in [0.25, 0.3) is 0 Å². The van der Waals surface area contributed by atoms with E-state index < -0.39 is 11.7 Å². The zero-order valence-electron chi connectivity index (χ0n) is 12.0. The van der Waals surface area contributed by atoms with E-state index in [-0.39, 0.29) is 23.9 Å². The predicted octanol–water partition coefficient (Wildman–Crippen LogP) is 3.21. The quantitative estimate of drug-likeness (QED) is 0.910. The zero-order chi connectivity index (χ0) is 15.7. The average molecular weight is 310 g/mol. The van der Waals surface area contributed by atoms with Crippen molar-refractivity contribution in [3.8, 4) is 0 Å². The number of amides is 1. The summed E-state index contributed by atoms with van der Waals surface area (Å²) in [6, 6.07) is 4.16. The second-order valence-corrected chi connectivity index (χ2v) is 5.64. The van der Waals surface area contributed by atoms with Crippen LogP contribution in [0.4, 0.5) is 18.9 Å². The Bertz CT molecular complexity index is 604. The molecule has 0 saturated carbocycles. The molecule has 2 heterocycles. The third kappa shape index (κ3) is 2.88. The number of carbonyl (C=O) groups is 1. The zero-order valence-corrected chi connectivity index (χ0v) is 12.0. The molecular weight excluding hydrogens is 293 g/mol. The first-order valence-electron chi connectivity index (χ1n) is 7.37. The number of benzene rings is 1. The lowest BCUT2D eigenvalue weighted by atomic mass is 10.0. The van der Waals surface area contributed by atoms with Crippen LogP contribution in [0.25, 0.3) is 6.08 Å². The number of halogens is 3. The summed E-state index contributed by atoms with van der Waals surface area (Å²) in [5, 5.41) is 3.28. The molecule has 1 amide bonds. The van der Waals surface area contributed by atoms with Gasteiger partial charge in [-0.05, 0) is 31.5 Å². The fourth-order valence-corrected chi connectivity index (χ4v) is 3.07. The van der Waals surface area contributed by atoms with Crippen LogP contribution in [0.3, 0.4) is 0 Å². The lowest BCUT2D eigenvalue weighted by Crippen LogP contribution is -2.41. The molecule has 1 fully saturated rings. The van der Waals surface area contributed by atoms with Gasteiger partial charge in [-0.1, -0.05) is 18.2 Å². The van der Waals surface area contributed by atoms with E-state index in [0.29, 0.717) is 12.2 Å². The van der Waals surface area contributed by atoms with E-state index in [1.54, 1.807) is 6.07 Å². The summed E-state index contributed by atoms with van der Waals surface area (Å²) in [6.45, 7) is 1.30. The number of nitrogens with one attached hydrogen (secondary N) is 1. The van der Waals surface area contributed by atoms with Crippen molar-refractivity contribution < 1.29 is 18.0 Å². The van der Waals surface area contributed by atoms with Crippen LogP contribution in [-0.2, 0) is 11.0 Å². The molecule has 1 unspecified atom stereocenters. The predicted molar refractivity (Wildman–Crippen MR) is 78.5 cm³/mol. The Morgan fingerprint density at radius 2 is 2.14 bits per heavy atom. The van der Waals surface area contributed by atoms with E-state index in [9.17, 15) is 18.0 Å². The molecule has 1 aromatic carbocycles. The number of hydrogen-bond donors (Lipinski definition) is 1. The maximum Gasteiger partial charge on any atom is 0.417 e. The van der Waals surface area contributed by atoms with Gasteiger partial charge >= 0.3 is 6.18 Å². The van der Waals surface area contributed by atoms with Gasteiger partial charge < -0.3 is 10.2 Å². The molecule has 3 rings (SSSR count). The summed E-state index contributed by atoms with van der Waals surface area (Å²) in [5.41, 5.74) is -0.263. The van der Waals surface area contributed by atoms with Crippen molar-refractivity contribution in [1.29, 1.82) is 0 Å². The molecule has 0 spiro atoms. The molecule has 2 aliphatic rings. The average Bonchev–Trinajstić information content (AvgIpc) is 2.91. The van der Waals surface area contributed by atoms with Crippen molar-refractivity contribution in [3.05, 3.63) is 35.4 Å². The van der Waals surface area contributed by atoms with E-state index in [1.165, 1.54) is 23.1 Å². The highest BCUT2D eigenvalue weighted by molar-refractivity contribution is 5.99. The van der Waals surface area contributed by atoms with E-state index in [4.69, 9.17) is 0 Å². The standard InChI is InChI=1S/C16H17F3N2O/c17-16(18,19)13-6-2-7-14-12(13)5-1-8-15(22)21(14)10-11-4-3-9-20-11/h1-2,5-7,11,20H,3-4,8-10H2. The van der Waals surface area contributed by atoms with Crippen LogP contribution in [-0.4, -0.2) is 25.0 Å². The number of alkyl halides is 3. The van der Waals surface area contributed by atoms with Crippen LogP contribution in [0.2, 0.25) is 0 Å². The molecule has 0 radical (unpaired) electrons. The molecule has 118 valence electrons. The molecule has 22 heavy (non-hydrogen) atoms. The van der Waals surface area contributed by atoms with Crippen molar-refractivity contribution in [2.45, 2.75) is 31.5 Å². The first-order valence-corrected chi connectivity index (χ1v) is 7.37. The highest BCUT2D eigenvalue weighted by Gasteiger charge is 2.35. The van der Waals surface area contributed by atoms with Crippen molar-refractivity contribution in [2.75, 3.05) is 18.0 Å². The summed E-state index contributed by atoms with van der Waals surface area (Å²) >= 11 is 0. The third-order valence-electron chi connectivity index (χ3n) is 4.12. The molecular formula is C16H17F3N2O. The second-order valence-electron chi connectivity index (χ2n) is 5.64. The van der Waals surface area contributed by atoms with Crippen LogP contribution in [0.5, 0.6) is 0 Å². The van der Waals surface area contributed by atoms with Crippen LogP contribution >= 0.6 is 0 Å². The van der Waals surface area contributed by atoms with E-state index in [1.807, 2.05) is 0 Å². The molecule has 0 bridgehead atoms. The number of hydrogen-bond acceptors (Lipinski definition) is 2. The minimum absolute atomic E-state index is 0.0823. The van der Waals surface area contributed by atoms with Gasteiger partial charge in [-0.15, -0.1) is 0 Å². The number of fused-ring (bicyclic) bond motifs is 1. The van der Waals surface area contributed by atoms with Gasteiger partial charge in [0.05, 0.1) is 11.3 Å². The SMILES string of the molecule is O=C1CC=Cc2c(cccc2C(F)(F)F)N1CC1CCCN1. The molecule has 1 saturated heterocycles. The molecule has 3 nitrogen and oxygen atoms in total. The van der Waals surface area contributed by atoms with Gasteiger partial charge in [-0.3, -0.25) is 4.79 Å². The van der Waals surface area contributed by atoms with E-state index >= 15 is 0 Å². The maximum atomic E-state index is 13.2. The smallest absolute Gasteiger partial charge is 0.312 e. The number of anilines is 1. The Labute approximate surface area is 126 Å². The Balaban J connectivity index is 2.01. The minimum atomic E-state index is -4.43. The first kappa shape index (κ1) is 15.1. The Morgan fingerprint density at radius 1 is 1.32 bits per heavy atom. The molecule has 1 aromatic rings. The van der Waals surface area contributed by atoms with Gasteiger partial charge in [-0.2, -0.15) is 13.2 Å². The van der Waals surface area contributed by atoms with Gasteiger partial charge in [0, 0.05) is 24.6 Å². The van der Waals surface area contributed by atoms with Gasteiger partial charge in [-0.25, -0.2) is 0 Å². The molecule has 2 aliphatic heterocycles. The Hall–Kier alpha value is -1.82. The largest absolute Gasteiger partial charge is 0.417 e. The lowest BCUT2D eigenvalue weighted by molar-refractivity contribution is -0.137. The second kappa shape index (κ2) is 5.76. The molecule has 6 heteroatoms. The normalized spacial score (nSPS) is 21.9. The van der Waals surface area contributed by atoms with Gasteiger partial charge in [0.2, 0.25) is 5.91 Å². The summed E-state index contributed by atoms with van der Waals surface area (Å²) in [6.07, 6.45) is 0.585. The van der Waals surface area contributed by atoms with Crippen molar-refractivity contribution in [2.24, 2.45) is 0 Å². The molecule has 1 N–H and O–H groups in total. The van der Waals surface area contributed by atoms with Crippen LogP contribution in [0, 0.1) is 0 Å². The van der Waals surface area contributed by atoms with Crippen LogP contribution in [0.1, 0.15) is 30.4 Å². The number of nitrogens with zero attached hydrogens (tertiary/aromatic N) is 1. The Morgan fingerprint density at radius 3 is 2.82 bits per heavy atom. The van der Waals surface area contributed by atoms with Gasteiger partial charge in [0.1, 0.15) is 0 Å². The highest BCUT2D eigenvalue weighted by Crippen LogP contribution is 2.38. The lowest BCUT2D eigenvalue weighted by Gasteiger charge is -2.27. The summed E-state index contributed by atoms with van der Waals surface area (Å²) in [4.78, 5) is 13.8. The monoisotopic (exact) mass is 310 g/mol. The minimum Gasteiger partial charge on any atom is -0.312 e. The Kier molecular flexibility index (Phi) is 3.95. The number of rotatable bonds is 2. The third-order valence-corrected chi connectivity index (χ3v) is 4.12. The van der Waals surface area contributed by atoms with E-state index in [2.05, 4.69) is 5.32 Å². The van der Waals surface area contributed by atoms with Crippen LogP contribution in [0.15, 0.2) is 24.3 Å². The first-order chi connectivity index (χ1) is 10.5. The molecule has 0 aliphatic carbocycles. The van der Waals surface area contributed by atoms with E-state index in [0.717, 1.165) is 25.5 Å². The van der Waals surface area contributed by atoms with Crippen molar-refractivity contribution in [3.63, 3.8) is 0 Å². The summed E-state index contributed by atoms with van der Waals surface area (Å²) in [5.74, 6) is -0.164. The molecule has 0 aromatic heterocycles. The fraction of sp³-hybridized carbons (Fsp3) is 0.438. The van der Waals surface area contributed by atoms with Crippen molar-refractivity contribution >= 4 is 17.7 Å². The van der Waals surface area contributed by atoms with Crippen molar-refractivity contribution in [1.82, 2.24) is 5.32 Å². The summed E-state index contributed by atoms with van der Waals surface area (Å²) in [7, 11) is 0. The fourth-order valence-electron chi connectivity index (χ4n) is 3.07. The summed E-state index contributed by atoms with van der Waals surface area (Å²) < 4.78 is 39.6. The number of carbonyl (C=O) groups excluding carboxylic acids is 1. The van der Waals surface area contributed by atoms with Crippen LogP contribution < -0.4 is 10.2 Å². The van der Waals surface area contributed by atoms with Gasteiger partial charge in [0.15, 0.2) is 0 Å².